The Morgan fingerprint density at radius 2 is 1.86 bits per heavy atom. The van der Waals surface area contributed by atoms with Crippen LogP contribution in [0, 0.1) is 18.6 Å². The fraction of sp³-hybridized carbons (Fsp3) is 0.600. The van der Waals surface area contributed by atoms with Crippen LogP contribution in [0.4, 0.5) is 0 Å². The van der Waals surface area contributed by atoms with Crippen LogP contribution in [-0.4, -0.2) is 51.3 Å². The molecule has 8 heteroatoms. The van der Waals surface area contributed by atoms with E-state index in [1.165, 1.54) is 11.1 Å². The van der Waals surface area contributed by atoms with E-state index in [-0.39, 0.29) is 5.79 Å². The van der Waals surface area contributed by atoms with Crippen LogP contribution >= 0.6 is 12.2 Å². The van der Waals surface area contributed by atoms with Gasteiger partial charge in [0.05, 0.1) is 19.9 Å². The molecule has 2 saturated heterocycles. The molecular weight excluding hydrogens is 376 g/mol. The fourth-order valence-corrected chi connectivity index (χ4v) is 3.92. The Bertz CT molecular complexity index is 891. The first kappa shape index (κ1) is 19.6. The van der Waals surface area contributed by atoms with E-state index in [0.29, 0.717) is 31.3 Å². The van der Waals surface area contributed by atoms with Crippen LogP contribution in [0.5, 0.6) is 5.75 Å². The minimum Gasteiger partial charge on any atom is -0.486 e. The predicted octanol–water partition coefficient (Wildman–Crippen LogP) is 2.94. The van der Waals surface area contributed by atoms with Gasteiger partial charge in [-0.3, -0.25) is 4.90 Å². The average molecular weight is 405 g/mol. The van der Waals surface area contributed by atoms with Crippen molar-refractivity contribution in [1.29, 1.82) is 0 Å². The summed E-state index contributed by atoms with van der Waals surface area (Å²) in [5.41, 5.74) is 2.47. The average Bonchev–Trinajstić information content (AvgIpc) is 3.25. The van der Waals surface area contributed by atoms with Gasteiger partial charge in [-0.15, -0.1) is 0 Å². The van der Waals surface area contributed by atoms with E-state index in [0.717, 1.165) is 37.5 Å². The van der Waals surface area contributed by atoms with Crippen molar-refractivity contribution in [3.05, 3.63) is 39.9 Å². The minimum atomic E-state index is -0.354. The van der Waals surface area contributed by atoms with Gasteiger partial charge < -0.3 is 18.8 Å². The van der Waals surface area contributed by atoms with E-state index >= 15 is 0 Å². The maximum Gasteiger partial charge on any atom is 0.198 e. The van der Waals surface area contributed by atoms with Gasteiger partial charge in [0.15, 0.2) is 16.4 Å². The summed E-state index contributed by atoms with van der Waals surface area (Å²) in [4.78, 5) is 2.34. The van der Waals surface area contributed by atoms with E-state index in [4.69, 9.17) is 31.5 Å². The Morgan fingerprint density at radius 1 is 1.14 bits per heavy atom. The highest BCUT2D eigenvalue weighted by Gasteiger charge is 2.39. The molecule has 7 nitrogen and oxygen atoms in total. The molecule has 0 radical (unpaired) electrons. The molecule has 1 spiro atoms. The van der Waals surface area contributed by atoms with Crippen molar-refractivity contribution in [2.24, 2.45) is 7.05 Å². The van der Waals surface area contributed by atoms with Crippen LogP contribution in [-0.2, 0) is 29.8 Å². The number of ether oxygens (including phenoxy) is 3. The Morgan fingerprint density at radius 3 is 2.54 bits per heavy atom. The first-order chi connectivity index (χ1) is 13.5. The standard InChI is InChI=1S/C20H28N4O3S/c1-15-4-5-17(12-16(15)2)25-13-18-21-24(19(28)22(18)3)14-23-8-6-20(7-9-23)26-10-11-27-20/h4-5,12H,6-11,13-14H2,1-3H3. The number of nitrogens with zero attached hydrogens (tertiary/aromatic N) is 4. The van der Waals surface area contributed by atoms with Gasteiger partial charge in [-0.1, -0.05) is 6.07 Å². The lowest BCUT2D eigenvalue weighted by atomic mass is 10.0. The second kappa shape index (κ2) is 7.94. The molecule has 0 saturated carbocycles. The van der Waals surface area contributed by atoms with Gasteiger partial charge in [0.2, 0.25) is 0 Å². The summed E-state index contributed by atoms with van der Waals surface area (Å²) in [7, 11) is 1.94. The van der Waals surface area contributed by atoms with Gasteiger partial charge in [-0.05, 0) is 49.3 Å². The fourth-order valence-electron chi connectivity index (χ4n) is 3.71. The normalized spacial score (nSPS) is 19.4. The van der Waals surface area contributed by atoms with E-state index < -0.39 is 0 Å². The van der Waals surface area contributed by atoms with Crippen LogP contribution in [0.3, 0.4) is 0 Å². The van der Waals surface area contributed by atoms with Gasteiger partial charge in [-0.25, -0.2) is 4.68 Å². The molecule has 0 N–H and O–H groups in total. The van der Waals surface area contributed by atoms with Crippen LogP contribution < -0.4 is 4.74 Å². The zero-order valence-corrected chi connectivity index (χ0v) is 17.6. The molecule has 0 aliphatic carbocycles. The number of piperidine rings is 1. The molecule has 3 heterocycles. The minimum absolute atomic E-state index is 0.354. The SMILES string of the molecule is Cc1ccc(OCc2nn(CN3CCC4(CC3)OCCO4)c(=S)n2C)cc1C. The molecule has 1 aromatic carbocycles. The zero-order chi connectivity index (χ0) is 19.7. The van der Waals surface area contributed by atoms with Gasteiger partial charge in [0.25, 0.3) is 0 Å². The number of rotatable bonds is 5. The highest BCUT2D eigenvalue weighted by Crippen LogP contribution is 2.31. The molecule has 2 aromatic rings. The Labute approximate surface area is 170 Å². The van der Waals surface area contributed by atoms with Crippen LogP contribution in [0.15, 0.2) is 18.2 Å². The summed E-state index contributed by atoms with van der Waals surface area (Å²) in [6.07, 6.45) is 1.77. The molecule has 0 bridgehead atoms. The number of hydrogen-bond acceptors (Lipinski definition) is 6. The third-order valence-corrected chi connectivity index (χ3v) is 6.23. The van der Waals surface area contributed by atoms with E-state index in [2.05, 4.69) is 30.9 Å². The summed E-state index contributed by atoms with van der Waals surface area (Å²) in [6, 6.07) is 6.12. The lowest BCUT2D eigenvalue weighted by Gasteiger charge is -2.37. The maximum absolute atomic E-state index is 5.94. The van der Waals surface area contributed by atoms with Crippen molar-refractivity contribution >= 4 is 12.2 Å². The first-order valence-electron chi connectivity index (χ1n) is 9.79. The maximum atomic E-state index is 5.94. The van der Waals surface area contributed by atoms with Crippen molar-refractivity contribution < 1.29 is 14.2 Å². The quantitative estimate of drug-likeness (QED) is 0.715. The second-order valence-corrected chi connectivity index (χ2v) is 8.02. The summed E-state index contributed by atoms with van der Waals surface area (Å²) in [6.45, 7) is 8.47. The molecule has 2 aliphatic rings. The lowest BCUT2D eigenvalue weighted by Crippen LogP contribution is -2.45. The number of hydrogen-bond donors (Lipinski definition) is 0. The van der Waals surface area contributed by atoms with Crippen molar-refractivity contribution in [2.75, 3.05) is 26.3 Å². The number of aromatic nitrogens is 3. The van der Waals surface area contributed by atoms with Gasteiger partial charge >= 0.3 is 0 Å². The molecule has 0 unspecified atom stereocenters. The Hall–Kier alpha value is -1.74. The van der Waals surface area contributed by atoms with E-state index in [1.54, 1.807) is 0 Å². The highest BCUT2D eigenvalue weighted by molar-refractivity contribution is 7.71. The van der Waals surface area contributed by atoms with E-state index in [1.807, 2.05) is 22.4 Å². The molecule has 2 aliphatic heterocycles. The molecule has 152 valence electrons. The number of benzene rings is 1. The molecule has 1 aromatic heterocycles. The third-order valence-electron chi connectivity index (χ3n) is 5.74. The molecule has 28 heavy (non-hydrogen) atoms. The smallest absolute Gasteiger partial charge is 0.198 e. The molecule has 0 amide bonds. The monoisotopic (exact) mass is 404 g/mol. The van der Waals surface area contributed by atoms with E-state index in [9.17, 15) is 0 Å². The van der Waals surface area contributed by atoms with Gasteiger partial charge in [0, 0.05) is 33.0 Å². The van der Waals surface area contributed by atoms with Crippen LogP contribution in [0.2, 0.25) is 0 Å². The molecular formula is C20H28N4O3S. The Kier molecular flexibility index (Phi) is 5.55. The second-order valence-electron chi connectivity index (χ2n) is 7.66. The highest BCUT2D eigenvalue weighted by atomic mass is 32.1. The van der Waals surface area contributed by atoms with Crippen molar-refractivity contribution in [1.82, 2.24) is 19.2 Å². The number of likely N-dealkylation sites (tertiary alicyclic amines) is 1. The predicted molar refractivity (Wildman–Crippen MR) is 108 cm³/mol. The van der Waals surface area contributed by atoms with Crippen molar-refractivity contribution in [3.63, 3.8) is 0 Å². The zero-order valence-electron chi connectivity index (χ0n) is 16.8. The third kappa shape index (κ3) is 4.00. The summed E-state index contributed by atoms with van der Waals surface area (Å²) < 4.78 is 22.0. The van der Waals surface area contributed by atoms with Gasteiger partial charge in [0.1, 0.15) is 12.4 Å². The topological polar surface area (TPSA) is 53.7 Å². The van der Waals surface area contributed by atoms with Crippen LogP contribution in [0.1, 0.15) is 29.8 Å². The lowest BCUT2D eigenvalue weighted by molar-refractivity contribution is -0.187. The summed E-state index contributed by atoms with van der Waals surface area (Å²) >= 11 is 5.58. The van der Waals surface area contributed by atoms with Crippen molar-refractivity contribution in [2.45, 2.75) is 45.8 Å². The number of aryl methyl sites for hydroxylation is 2. The summed E-state index contributed by atoms with van der Waals surface area (Å²) in [5.74, 6) is 1.31. The van der Waals surface area contributed by atoms with Crippen LogP contribution in [0.25, 0.3) is 0 Å². The first-order valence-corrected chi connectivity index (χ1v) is 10.2. The molecule has 2 fully saturated rings. The van der Waals surface area contributed by atoms with Crippen molar-refractivity contribution in [3.8, 4) is 5.75 Å². The summed E-state index contributed by atoms with van der Waals surface area (Å²) in [5, 5.41) is 4.69. The molecule has 4 rings (SSSR count). The largest absolute Gasteiger partial charge is 0.486 e. The Balaban J connectivity index is 1.38. The molecule has 0 atom stereocenters. The van der Waals surface area contributed by atoms with Gasteiger partial charge in [-0.2, -0.15) is 5.10 Å².